The molecular weight excluding hydrogens is 241 g/mol. The third kappa shape index (κ3) is 1.37. The smallest absolute Gasteiger partial charge is 0.169 e. The Bertz CT molecular complexity index is 236. The summed E-state index contributed by atoms with van der Waals surface area (Å²) in [6.45, 7) is 0. The second kappa shape index (κ2) is 3.15. The van der Waals surface area contributed by atoms with E-state index < -0.39 is 0 Å². The van der Waals surface area contributed by atoms with Crippen molar-refractivity contribution in [1.82, 2.24) is 0 Å². The minimum atomic E-state index is 0.128. The van der Waals surface area contributed by atoms with Crippen molar-refractivity contribution >= 4 is 28.4 Å². The van der Waals surface area contributed by atoms with Crippen molar-refractivity contribution in [2.75, 3.05) is 0 Å². The molecule has 52 valence electrons. The quantitative estimate of drug-likeness (QED) is 0.614. The Labute approximate surface area is 73.0 Å². The van der Waals surface area contributed by atoms with Crippen LogP contribution in [0, 0.1) is 11.3 Å². The normalized spacial score (nSPS) is 19.0. The molecule has 3 heteroatoms. The molecule has 0 saturated carbocycles. The predicted molar refractivity (Wildman–Crippen MR) is 45.5 cm³/mol. The summed E-state index contributed by atoms with van der Waals surface area (Å²) in [7, 11) is 0. The van der Waals surface area contributed by atoms with Gasteiger partial charge in [-0.05, 0) is 35.4 Å². The van der Waals surface area contributed by atoms with Gasteiger partial charge < -0.3 is 0 Å². The lowest BCUT2D eigenvalue weighted by molar-refractivity contribution is -0.115. The average Bonchev–Trinajstić information content (AvgIpc) is 1.95. The van der Waals surface area contributed by atoms with Crippen LogP contribution in [0.3, 0.4) is 0 Å². The fourth-order valence-corrected chi connectivity index (χ4v) is 1.58. The highest BCUT2D eigenvalue weighted by Crippen LogP contribution is 2.25. The first-order valence-electron chi connectivity index (χ1n) is 3.07. The van der Waals surface area contributed by atoms with Gasteiger partial charge in [0.05, 0.1) is 9.65 Å². The summed E-state index contributed by atoms with van der Waals surface area (Å²) < 4.78 is 0.645. The van der Waals surface area contributed by atoms with Gasteiger partial charge in [-0.3, -0.25) is 4.79 Å². The molecule has 1 rings (SSSR count). The Hall–Kier alpha value is -0.370. The minimum Gasteiger partial charge on any atom is -0.294 e. The molecule has 0 aromatic rings. The summed E-state index contributed by atoms with van der Waals surface area (Å²) in [5.74, 6) is 0.128. The summed E-state index contributed by atoms with van der Waals surface area (Å²) in [5, 5.41) is 8.51. The molecule has 0 N–H and O–H groups in total. The van der Waals surface area contributed by atoms with Gasteiger partial charge in [0.1, 0.15) is 0 Å². The Kier molecular flexibility index (Phi) is 2.44. The lowest BCUT2D eigenvalue weighted by atomic mass is 10.00. The van der Waals surface area contributed by atoms with Crippen LogP contribution < -0.4 is 0 Å². The fourth-order valence-electron chi connectivity index (χ4n) is 0.918. The van der Waals surface area contributed by atoms with Crippen LogP contribution in [0.4, 0.5) is 0 Å². The van der Waals surface area contributed by atoms with E-state index in [0.29, 0.717) is 15.6 Å². The van der Waals surface area contributed by atoms with E-state index in [9.17, 15) is 4.79 Å². The number of ketones is 1. The second-order valence-corrected chi connectivity index (χ2v) is 3.26. The number of allylic oxidation sites excluding steroid dienone is 2. The van der Waals surface area contributed by atoms with Crippen LogP contribution in [0.5, 0.6) is 0 Å². The van der Waals surface area contributed by atoms with Gasteiger partial charge in [0.15, 0.2) is 5.78 Å². The molecule has 0 amide bonds. The van der Waals surface area contributed by atoms with Crippen LogP contribution in [-0.4, -0.2) is 5.78 Å². The standard InChI is InChI=1S/C7H6INO/c8-7-5(4-9)2-1-3-6(7)10/h1-3H2. The number of halogens is 1. The average molecular weight is 247 g/mol. The van der Waals surface area contributed by atoms with E-state index in [-0.39, 0.29) is 5.78 Å². The van der Waals surface area contributed by atoms with E-state index in [2.05, 4.69) is 0 Å². The van der Waals surface area contributed by atoms with Crippen LogP contribution in [0.2, 0.25) is 0 Å². The molecule has 0 radical (unpaired) electrons. The number of hydrogen-bond donors (Lipinski definition) is 0. The molecule has 1 aliphatic carbocycles. The highest BCUT2D eigenvalue weighted by molar-refractivity contribution is 14.1. The molecule has 0 aromatic heterocycles. The highest BCUT2D eigenvalue weighted by Gasteiger charge is 2.17. The van der Waals surface area contributed by atoms with Gasteiger partial charge in [0.25, 0.3) is 0 Å². The molecule has 0 bridgehead atoms. The minimum absolute atomic E-state index is 0.128. The molecule has 0 atom stereocenters. The molecule has 10 heavy (non-hydrogen) atoms. The number of rotatable bonds is 0. The zero-order chi connectivity index (χ0) is 7.56. The van der Waals surface area contributed by atoms with Gasteiger partial charge in [-0.25, -0.2) is 0 Å². The maximum absolute atomic E-state index is 10.9. The van der Waals surface area contributed by atoms with E-state index in [4.69, 9.17) is 5.26 Å². The van der Waals surface area contributed by atoms with Crippen molar-refractivity contribution in [3.8, 4) is 6.07 Å². The van der Waals surface area contributed by atoms with Gasteiger partial charge in [-0.2, -0.15) is 5.26 Å². The fraction of sp³-hybridized carbons (Fsp3) is 0.429. The number of carbonyl (C=O) groups is 1. The van der Waals surface area contributed by atoms with Crippen LogP contribution in [-0.2, 0) is 4.79 Å². The van der Waals surface area contributed by atoms with E-state index in [1.807, 2.05) is 28.7 Å². The molecule has 0 spiro atoms. The lowest BCUT2D eigenvalue weighted by Gasteiger charge is -2.08. The monoisotopic (exact) mass is 247 g/mol. The van der Waals surface area contributed by atoms with Crippen molar-refractivity contribution in [1.29, 1.82) is 5.26 Å². The lowest BCUT2D eigenvalue weighted by Crippen LogP contribution is -2.05. The molecule has 2 nitrogen and oxygen atoms in total. The zero-order valence-corrected chi connectivity index (χ0v) is 7.51. The summed E-state index contributed by atoms with van der Waals surface area (Å²) >= 11 is 1.95. The number of nitrogens with zero attached hydrogens (tertiary/aromatic N) is 1. The maximum Gasteiger partial charge on any atom is 0.169 e. The Morgan fingerprint density at radius 2 is 2.20 bits per heavy atom. The third-order valence-electron chi connectivity index (χ3n) is 1.48. The molecule has 0 unspecified atom stereocenters. The van der Waals surface area contributed by atoms with Crippen molar-refractivity contribution in [2.24, 2.45) is 0 Å². The highest BCUT2D eigenvalue weighted by atomic mass is 127. The van der Waals surface area contributed by atoms with E-state index in [1.54, 1.807) is 0 Å². The number of Topliss-reactive ketones (excluding diaryl/α,β-unsaturated/α-hetero) is 1. The SMILES string of the molecule is N#CC1=C(I)C(=O)CCC1. The van der Waals surface area contributed by atoms with Crippen LogP contribution in [0.25, 0.3) is 0 Å². The van der Waals surface area contributed by atoms with Crippen molar-refractivity contribution < 1.29 is 4.79 Å². The Balaban J connectivity index is 2.96. The molecular formula is C7H6INO. The van der Waals surface area contributed by atoms with Crippen molar-refractivity contribution in [2.45, 2.75) is 19.3 Å². The Morgan fingerprint density at radius 3 is 2.70 bits per heavy atom. The second-order valence-electron chi connectivity index (χ2n) is 2.18. The molecule has 0 aliphatic heterocycles. The number of nitriles is 1. The predicted octanol–water partition coefficient (Wildman–Crippen LogP) is 1.95. The van der Waals surface area contributed by atoms with Crippen LogP contribution in [0.15, 0.2) is 9.15 Å². The zero-order valence-electron chi connectivity index (χ0n) is 5.35. The van der Waals surface area contributed by atoms with Gasteiger partial charge >= 0.3 is 0 Å². The summed E-state index contributed by atoms with van der Waals surface area (Å²) in [6, 6.07) is 2.04. The van der Waals surface area contributed by atoms with E-state index in [1.165, 1.54) is 0 Å². The van der Waals surface area contributed by atoms with E-state index >= 15 is 0 Å². The summed E-state index contributed by atoms with van der Waals surface area (Å²) in [5.41, 5.74) is 0.664. The van der Waals surface area contributed by atoms with Crippen molar-refractivity contribution in [3.05, 3.63) is 9.15 Å². The third-order valence-corrected chi connectivity index (χ3v) is 2.73. The number of carbonyl (C=O) groups excluding carboxylic acids is 1. The molecule has 0 aromatic carbocycles. The maximum atomic E-state index is 10.9. The summed E-state index contributed by atoms with van der Waals surface area (Å²) in [6.07, 6.45) is 2.23. The molecule has 0 saturated heterocycles. The first kappa shape index (κ1) is 7.73. The van der Waals surface area contributed by atoms with Crippen molar-refractivity contribution in [3.63, 3.8) is 0 Å². The van der Waals surface area contributed by atoms with E-state index in [0.717, 1.165) is 12.8 Å². The van der Waals surface area contributed by atoms with Gasteiger partial charge in [-0.1, -0.05) is 0 Å². The van der Waals surface area contributed by atoms with Gasteiger partial charge in [-0.15, -0.1) is 0 Å². The number of hydrogen-bond acceptors (Lipinski definition) is 2. The summed E-state index contributed by atoms with van der Waals surface area (Å²) in [4.78, 5) is 10.9. The topological polar surface area (TPSA) is 40.9 Å². The molecule has 1 aliphatic rings. The van der Waals surface area contributed by atoms with Gasteiger partial charge in [0, 0.05) is 12.0 Å². The Morgan fingerprint density at radius 1 is 1.50 bits per heavy atom. The molecule has 0 fully saturated rings. The van der Waals surface area contributed by atoms with Crippen LogP contribution in [0.1, 0.15) is 19.3 Å². The van der Waals surface area contributed by atoms with Crippen LogP contribution >= 0.6 is 22.6 Å². The largest absolute Gasteiger partial charge is 0.294 e. The first-order chi connectivity index (χ1) is 4.75. The molecule has 0 heterocycles. The van der Waals surface area contributed by atoms with Gasteiger partial charge in [0.2, 0.25) is 0 Å². The first-order valence-corrected chi connectivity index (χ1v) is 4.15.